The summed E-state index contributed by atoms with van der Waals surface area (Å²) in [5.41, 5.74) is -0.123. The Bertz CT molecular complexity index is 156. The number of hydrogen-bond acceptors (Lipinski definition) is 4. The zero-order valence-corrected chi connectivity index (χ0v) is 8.87. The van der Waals surface area contributed by atoms with E-state index in [0.29, 0.717) is 13.2 Å². The first-order valence-electron chi connectivity index (χ1n) is 4.47. The van der Waals surface area contributed by atoms with Gasteiger partial charge in [0.1, 0.15) is 20.1 Å². The van der Waals surface area contributed by atoms with E-state index < -0.39 is 0 Å². The van der Waals surface area contributed by atoms with Crippen LogP contribution in [0.5, 0.6) is 0 Å². The summed E-state index contributed by atoms with van der Waals surface area (Å²) in [6.07, 6.45) is -0.262. The molecule has 0 saturated carbocycles. The van der Waals surface area contributed by atoms with Crippen LogP contribution < -0.4 is 0 Å². The van der Waals surface area contributed by atoms with Gasteiger partial charge in [0.15, 0.2) is 0 Å². The fourth-order valence-electron chi connectivity index (χ4n) is 1.37. The molecule has 0 bridgehead atoms. The Morgan fingerprint density at radius 1 is 1.69 bits per heavy atom. The molecule has 74 valence electrons. The second-order valence-corrected chi connectivity index (χ2v) is 3.72. The quantitative estimate of drug-likeness (QED) is 0.410. The third-order valence-corrected chi connectivity index (χ3v) is 2.00. The zero-order chi connectivity index (χ0) is 9.84. The fraction of sp³-hybridized carbons (Fsp3) is 1.00. The van der Waals surface area contributed by atoms with Gasteiger partial charge in [0.2, 0.25) is 0 Å². The minimum Gasteiger partial charge on any atom is -0.382 e. The summed E-state index contributed by atoms with van der Waals surface area (Å²) in [6, 6.07) is -0.378. The number of rotatable bonds is 4. The van der Waals surface area contributed by atoms with Crippen LogP contribution >= 0.6 is 12.6 Å². The molecule has 5 heteroatoms. The van der Waals surface area contributed by atoms with Crippen molar-refractivity contribution in [1.82, 2.24) is 0 Å². The standard InChI is InChI=1S/C8H15BO3S/c1-3-10-7-6(12-5(2)13)4-11-8(7)9/h5-8,13H,3-4H2,1-2H3/t5-,6?,7?,8+/m0/s1. The lowest BCUT2D eigenvalue weighted by molar-refractivity contribution is -0.0510. The summed E-state index contributed by atoms with van der Waals surface area (Å²) in [7, 11) is 5.68. The Morgan fingerprint density at radius 3 is 2.92 bits per heavy atom. The van der Waals surface area contributed by atoms with Crippen molar-refractivity contribution in [3.8, 4) is 0 Å². The predicted octanol–water partition coefficient (Wildman–Crippen LogP) is 0.577. The molecule has 0 aliphatic carbocycles. The molecule has 3 nitrogen and oxygen atoms in total. The molecule has 2 radical (unpaired) electrons. The molecule has 2 unspecified atom stereocenters. The largest absolute Gasteiger partial charge is 0.382 e. The van der Waals surface area contributed by atoms with Crippen molar-refractivity contribution in [2.75, 3.05) is 13.2 Å². The van der Waals surface area contributed by atoms with Gasteiger partial charge in [-0.15, -0.1) is 12.6 Å². The molecule has 1 heterocycles. The Hall–Kier alpha value is 0.295. The highest BCUT2D eigenvalue weighted by Gasteiger charge is 2.35. The summed E-state index contributed by atoms with van der Waals surface area (Å²) in [5, 5.41) is 0. The van der Waals surface area contributed by atoms with Crippen molar-refractivity contribution >= 4 is 20.5 Å². The summed E-state index contributed by atoms with van der Waals surface area (Å²) in [4.78, 5) is 0. The van der Waals surface area contributed by atoms with Gasteiger partial charge in [-0.05, 0) is 13.8 Å². The van der Waals surface area contributed by atoms with Gasteiger partial charge in [-0.25, -0.2) is 0 Å². The number of hydrogen-bond donors (Lipinski definition) is 1. The van der Waals surface area contributed by atoms with Crippen LogP contribution in [0.1, 0.15) is 13.8 Å². The van der Waals surface area contributed by atoms with Gasteiger partial charge in [0, 0.05) is 12.6 Å². The molecular formula is C8H15BO3S. The third-order valence-electron chi connectivity index (χ3n) is 1.87. The van der Waals surface area contributed by atoms with Crippen LogP contribution in [-0.2, 0) is 14.2 Å². The lowest BCUT2D eigenvalue weighted by atomic mass is 9.93. The van der Waals surface area contributed by atoms with Crippen LogP contribution in [0, 0.1) is 0 Å². The van der Waals surface area contributed by atoms with E-state index >= 15 is 0 Å². The van der Waals surface area contributed by atoms with E-state index in [0.717, 1.165) is 0 Å². The second kappa shape index (κ2) is 5.24. The molecule has 1 saturated heterocycles. The molecule has 1 fully saturated rings. The van der Waals surface area contributed by atoms with Crippen molar-refractivity contribution in [3.05, 3.63) is 0 Å². The van der Waals surface area contributed by atoms with Gasteiger partial charge in [-0.3, -0.25) is 0 Å². The van der Waals surface area contributed by atoms with Gasteiger partial charge in [0.25, 0.3) is 0 Å². The molecule has 0 aromatic carbocycles. The Morgan fingerprint density at radius 2 is 2.38 bits per heavy atom. The first-order chi connectivity index (χ1) is 6.15. The first kappa shape index (κ1) is 11.4. The average Bonchev–Trinajstić information content (AvgIpc) is 2.35. The molecule has 1 aliphatic heterocycles. The van der Waals surface area contributed by atoms with E-state index in [9.17, 15) is 0 Å². The first-order valence-corrected chi connectivity index (χ1v) is 4.99. The maximum absolute atomic E-state index is 5.68. The molecule has 0 spiro atoms. The topological polar surface area (TPSA) is 27.7 Å². The highest BCUT2D eigenvalue weighted by molar-refractivity contribution is 7.80. The van der Waals surface area contributed by atoms with E-state index in [1.807, 2.05) is 13.8 Å². The van der Waals surface area contributed by atoms with Gasteiger partial charge >= 0.3 is 0 Å². The summed E-state index contributed by atoms with van der Waals surface area (Å²) in [6.45, 7) is 4.88. The minimum absolute atomic E-state index is 0.0950. The Balaban J connectivity index is 2.43. The lowest BCUT2D eigenvalue weighted by Crippen LogP contribution is -2.36. The summed E-state index contributed by atoms with van der Waals surface area (Å²) >= 11 is 4.14. The van der Waals surface area contributed by atoms with Gasteiger partial charge in [-0.1, -0.05) is 0 Å². The molecular weight excluding hydrogens is 187 g/mol. The zero-order valence-electron chi connectivity index (χ0n) is 7.97. The highest BCUT2D eigenvalue weighted by atomic mass is 32.1. The van der Waals surface area contributed by atoms with Crippen LogP contribution in [0.2, 0.25) is 0 Å². The minimum atomic E-state index is -0.378. The number of ether oxygens (including phenoxy) is 3. The van der Waals surface area contributed by atoms with E-state index in [4.69, 9.17) is 22.1 Å². The molecule has 1 rings (SSSR count). The van der Waals surface area contributed by atoms with Crippen molar-refractivity contribution in [3.63, 3.8) is 0 Å². The Labute approximate surface area is 85.9 Å². The molecule has 0 amide bonds. The normalized spacial score (nSPS) is 36.4. The fourth-order valence-corrected chi connectivity index (χ4v) is 1.53. The van der Waals surface area contributed by atoms with E-state index in [2.05, 4.69) is 12.6 Å². The summed E-state index contributed by atoms with van der Waals surface area (Å²) < 4.78 is 16.1. The van der Waals surface area contributed by atoms with Crippen molar-refractivity contribution in [2.24, 2.45) is 0 Å². The van der Waals surface area contributed by atoms with E-state index in [1.165, 1.54) is 0 Å². The molecule has 0 aromatic heterocycles. The van der Waals surface area contributed by atoms with Gasteiger partial charge < -0.3 is 14.2 Å². The van der Waals surface area contributed by atoms with Crippen molar-refractivity contribution in [1.29, 1.82) is 0 Å². The van der Waals surface area contributed by atoms with Crippen LogP contribution in [0.25, 0.3) is 0 Å². The maximum atomic E-state index is 5.68. The smallest absolute Gasteiger partial charge is 0.112 e. The van der Waals surface area contributed by atoms with Gasteiger partial charge in [-0.2, -0.15) is 0 Å². The molecule has 0 aromatic rings. The molecule has 1 aliphatic rings. The van der Waals surface area contributed by atoms with E-state index in [-0.39, 0.29) is 23.6 Å². The highest BCUT2D eigenvalue weighted by Crippen LogP contribution is 2.20. The lowest BCUT2D eigenvalue weighted by Gasteiger charge is -2.22. The SMILES string of the molecule is [B][C@@H]1OCC(O[C@H](C)S)C1OCC. The van der Waals surface area contributed by atoms with Crippen LogP contribution in [-0.4, -0.2) is 44.7 Å². The monoisotopic (exact) mass is 202 g/mol. The van der Waals surface area contributed by atoms with Crippen LogP contribution in [0.3, 0.4) is 0 Å². The molecule has 4 atom stereocenters. The average molecular weight is 202 g/mol. The van der Waals surface area contributed by atoms with E-state index in [1.54, 1.807) is 0 Å². The molecule has 13 heavy (non-hydrogen) atoms. The van der Waals surface area contributed by atoms with Crippen LogP contribution in [0.15, 0.2) is 0 Å². The van der Waals surface area contributed by atoms with Crippen molar-refractivity contribution < 1.29 is 14.2 Å². The van der Waals surface area contributed by atoms with Crippen molar-refractivity contribution in [2.45, 2.75) is 37.5 Å². The number of thiol groups is 1. The van der Waals surface area contributed by atoms with Gasteiger partial charge in [0.05, 0.1) is 12.0 Å². The third kappa shape index (κ3) is 3.16. The van der Waals surface area contributed by atoms with Crippen LogP contribution in [0.4, 0.5) is 0 Å². The summed E-state index contributed by atoms with van der Waals surface area (Å²) in [5.74, 6) is 0. The Kier molecular flexibility index (Phi) is 4.59. The second-order valence-electron chi connectivity index (χ2n) is 2.99. The molecule has 0 N–H and O–H groups in total. The predicted molar refractivity (Wildman–Crippen MR) is 54.2 cm³/mol. The maximum Gasteiger partial charge on any atom is 0.112 e.